The highest BCUT2D eigenvalue weighted by atomic mass is 35.5. The molecule has 2 aromatic carbocycles. The minimum atomic E-state index is -0.132. The Morgan fingerprint density at radius 2 is 2.00 bits per heavy atom. The van der Waals surface area contributed by atoms with Gasteiger partial charge in [-0.15, -0.1) is 0 Å². The van der Waals surface area contributed by atoms with Gasteiger partial charge in [-0.05, 0) is 36.8 Å². The van der Waals surface area contributed by atoms with Gasteiger partial charge in [-0.25, -0.2) is 4.98 Å². The molecule has 3 rings (SSSR count). The number of halogens is 2. The van der Waals surface area contributed by atoms with Gasteiger partial charge in [0.1, 0.15) is 5.82 Å². The number of rotatable bonds is 5. The second-order valence-corrected chi connectivity index (χ2v) is 6.89. The van der Waals surface area contributed by atoms with Crippen LogP contribution in [0.15, 0.2) is 42.5 Å². The number of hydrogen-bond donors (Lipinski definition) is 1. The van der Waals surface area contributed by atoms with Gasteiger partial charge in [0.05, 0.1) is 17.1 Å². The van der Waals surface area contributed by atoms with Gasteiger partial charge in [0.15, 0.2) is 0 Å². The highest BCUT2D eigenvalue weighted by Crippen LogP contribution is 2.29. The lowest BCUT2D eigenvalue weighted by molar-refractivity contribution is -0.131. The molecule has 0 aliphatic carbocycles. The van der Waals surface area contributed by atoms with Gasteiger partial charge in [-0.2, -0.15) is 0 Å². The number of aryl methyl sites for hydroxylation is 1. The number of benzene rings is 2. The molecule has 0 fully saturated rings. The number of nitrogens with zero attached hydrogens (tertiary/aromatic N) is 2. The number of fused-ring (bicyclic) bond motifs is 1. The molecular weight excluding hydrogens is 357 g/mol. The molecular formula is C19H19Cl2N3O. The summed E-state index contributed by atoms with van der Waals surface area (Å²) in [4.78, 5) is 22.0. The SMILES string of the molecule is CC(c1ccc(Cl)cc1Cl)N(C)C(=O)CCc1nc2ccccc2[nH]1. The maximum absolute atomic E-state index is 12.5. The summed E-state index contributed by atoms with van der Waals surface area (Å²) in [5, 5.41) is 1.15. The molecule has 25 heavy (non-hydrogen) atoms. The lowest BCUT2D eigenvalue weighted by Gasteiger charge is -2.26. The fourth-order valence-electron chi connectivity index (χ4n) is 2.79. The molecule has 0 saturated carbocycles. The fraction of sp³-hybridized carbons (Fsp3) is 0.263. The van der Waals surface area contributed by atoms with E-state index in [2.05, 4.69) is 9.97 Å². The van der Waals surface area contributed by atoms with Crippen molar-refractivity contribution in [3.05, 3.63) is 63.9 Å². The summed E-state index contributed by atoms with van der Waals surface area (Å²) < 4.78 is 0. The zero-order valence-corrected chi connectivity index (χ0v) is 15.6. The van der Waals surface area contributed by atoms with E-state index in [1.54, 1.807) is 24.1 Å². The first-order chi connectivity index (χ1) is 12.0. The van der Waals surface area contributed by atoms with Crippen LogP contribution in [0.2, 0.25) is 10.0 Å². The first-order valence-corrected chi connectivity index (χ1v) is 8.85. The van der Waals surface area contributed by atoms with E-state index >= 15 is 0 Å². The highest BCUT2D eigenvalue weighted by Gasteiger charge is 2.20. The average molecular weight is 376 g/mol. The summed E-state index contributed by atoms with van der Waals surface area (Å²) in [5.74, 6) is 0.860. The van der Waals surface area contributed by atoms with Crippen molar-refractivity contribution < 1.29 is 4.79 Å². The van der Waals surface area contributed by atoms with E-state index in [-0.39, 0.29) is 11.9 Å². The van der Waals surface area contributed by atoms with Crippen molar-refractivity contribution >= 4 is 40.1 Å². The van der Waals surface area contributed by atoms with Crippen LogP contribution in [-0.4, -0.2) is 27.8 Å². The fourth-order valence-corrected chi connectivity index (χ4v) is 3.36. The molecule has 1 heterocycles. The largest absolute Gasteiger partial charge is 0.342 e. The molecule has 1 unspecified atom stereocenters. The number of nitrogens with one attached hydrogen (secondary N) is 1. The predicted octanol–water partition coefficient (Wildman–Crippen LogP) is 5.02. The normalized spacial score (nSPS) is 12.3. The first-order valence-electron chi connectivity index (χ1n) is 8.10. The molecule has 0 aliphatic rings. The second-order valence-electron chi connectivity index (χ2n) is 6.05. The van der Waals surface area contributed by atoms with Gasteiger partial charge in [-0.3, -0.25) is 4.79 Å². The smallest absolute Gasteiger partial charge is 0.223 e. The van der Waals surface area contributed by atoms with Crippen LogP contribution < -0.4 is 0 Å². The van der Waals surface area contributed by atoms with Crippen molar-refractivity contribution in [2.75, 3.05) is 7.05 Å². The molecule has 0 spiro atoms. The molecule has 6 heteroatoms. The number of H-pyrrole nitrogens is 1. The third-order valence-electron chi connectivity index (χ3n) is 4.40. The lowest BCUT2D eigenvalue weighted by atomic mass is 10.1. The molecule has 0 saturated heterocycles. The van der Waals surface area contributed by atoms with E-state index in [0.717, 1.165) is 22.4 Å². The summed E-state index contributed by atoms with van der Waals surface area (Å²) in [6.07, 6.45) is 0.949. The van der Waals surface area contributed by atoms with E-state index in [1.165, 1.54) is 0 Å². The quantitative estimate of drug-likeness (QED) is 0.680. The molecule has 1 N–H and O–H groups in total. The number of hydrogen-bond acceptors (Lipinski definition) is 2. The number of carbonyl (C=O) groups excluding carboxylic acids is 1. The summed E-state index contributed by atoms with van der Waals surface area (Å²) in [6, 6.07) is 13.0. The second kappa shape index (κ2) is 7.46. The summed E-state index contributed by atoms with van der Waals surface area (Å²) >= 11 is 12.2. The van der Waals surface area contributed by atoms with Gasteiger partial charge in [0.2, 0.25) is 5.91 Å². The molecule has 0 aliphatic heterocycles. The number of para-hydroxylation sites is 2. The van der Waals surface area contributed by atoms with Gasteiger partial charge in [0, 0.05) is 29.9 Å². The van der Waals surface area contributed by atoms with Gasteiger partial charge in [-0.1, -0.05) is 41.4 Å². The number of imidazole rings is 1. The maximum Gasteiger partial charge on any atom is 0.223 e. The van der Waals surface area contributed by atoms with Crippen LogP contribution in [0.1, 0.15) is 30.8 Å². The van der Waals surface area contributed by atoms with Crippen molar-refractivity contribution in [1.29, 1.82) is 0 Å². The Bertz CT molecular complexity index is 874. The zero-order chi connectivity index (χ0) is 18.0. The Balaban J connectivity index is 1.65. The molecule has 3 aromatic rings. The molecule has 1 atom stereocenters. The highest BCUT2D eigenvalue weighted by molar-refractivity contribution is 6.35. The Hall–Kier alpha value is -2.04. The Morgan fingerprint density at radius 3 is 2.72 bits per heavy atom. The third-order valence-corrected chi connectivity index (χ3v) is 4.96. The molecule has 0 radical (unpaired) electrons. The number of carbonyl (C=O) groups is 1. The first kappa shape index (κ1) is 17.8. The number of aromatic nitrogens is 2. The predicted molar refractivity (Wildman–Crippen MR) is 102 cm³/mol. The van der Waals surface area contributed by atoms with Gasteiger partial charge >= 0.3 is 0 Å². The van der Waals surface area contributed by atoms with Crippen molar-refractivity contribution in [1.82, 2.24) is 14.9 Å². The van der Waals surface area contributed by atoms with Crippen LogP contribution in [0.4, 0.5) is 0 Å². The third kappa shape index (κ3) is 3.97. The summed E-state index contributed by atoms with van der Waals surface area (Å²) in [5.41, 5.74) is 2.78. The topological polar surface area (TPSA) is 49.0 Å². The van der Waals surface area contributed by atoms with Gasteiger partial charge in [0.25, 0.3) is 0 Å². The van der Waals surface area contributed by atoms with Crippen LogP contribution in [0.25, 0.3) is 11.0 Å². The molecule has 130 valence electrons. The lowest BCUT2D eigenvalue weighted by Crippen LogP contribution is -2.30. The average Bonchev–Trinajstić information content (AvgIpc) is 3.01. The van der Waals surface area contributed by atoms with Gasteiger partial charge < -0.3 is 9.88 Å². The van der Waals surface area contributed by atoms with Crippen molar-refractivity contribution in [2.24, 2.45) is 0 Å². The maximum atomic E-state index is 12.5. The standard InChI is InChI=1S/C19H19Cl2N3O/c1-12(14-8-7-13(20)11-15(14)21)24(2)19(25)10-9-18-22-16-5-3-4-6-17(16)23-18/h3-8,11-12H,9-10H2,1-2H3,(H,22,23). The van der Waals surface area contributed by atoms with E-state index in [4.69, 9.17) is 23.2 Å². The summed E-state index contributed by atoms with van der Waals surface area (Å²) in [7, 11) is 1.79. The monoisotopic (exact) mass is 375 g/mol. The van der Waals surface area contributed by atoms with Crippen LogP contribution in [0.3, 0.4) is 0 Å². The van der Waals surface area contributed by atoms with Crippen molar-refractivity contribution in [3.8, 4) is 0 Å². The van der Waals surface area contributed by atoms with E-state index in [1.807, 2.05) is 37.3 Å². The molecule has 0 bridgehead atoms. The van der Waals surface area contributed by atoms with Crippen molar-refractivity contribution in [3.63, 3.8) is 0 Å². The molecule has 4 nitrogen and oxygen atoms in total. The van der Waals surface area contributed by atoms with Crippen molar-refractivity contribution in [2.45, 2.75) is 25.8 Å². The zero-order valence-electron chi connectivity index (χ0n) is 14.1. The van der Waals surface area contributed by atoms with Crippen LogP contribution in [0, 0.1) is 0 Å². The molecule has 1 aromatic heterocycles. The van der Waals surface area contributed by atoms with Crippen LogP contribution in [0.5, 0.6) is 0 Å². The Morgan fingerprint density at radius 1 is 1.24 bits per heavy atom. The van der Waals surface area contributed by atoms with E-state index in [0.29, 0.717) is 22.9 Å². The molecule has 1 amide bonds. The number of amides is 1. The summed E-state index contributed by atoms with van der Waals surface area (Å²) in [6.45, 7) is 1.95. The Labute approximate surface area is 156 Å². The van der Waals surface area contributed by atoms with Crippen LogP contribution in [-0.2, 0) is 11.2 Å². The van der Waals surface area contributed by atoms with E-state index < -0.39 is 0 Å². The minimum absolute atomic E-state index is 0.0407. The number of aromatic amines is 1. The minimum Gasteiger partial charge on any atom is -0.342 e. The Kier molecular flexibility index (Phi) is 5.30. The van der Waals surface area contributed by atoms with Crippen LogP contribution >= 0.6 is 23.2 Å². The van der Waals surface area contributed by atoms with E-state index in [9.17, 15) is 4.79 Å².